The fraction of sp³-hybridized carbons (Fsp3) is 0.105. The molecule has 6 N–H and O–H groups in total. The third-order valence-corrected chi connectivity index (χ3v) is 4.90. The average Bonchev–Trinajstić information content (AvgIpc) is 2.74. The number of fused-ring (bicyclic) bond motifs is 1. The van der Waals surface area contributed by atoms with Gasteiger partial charge in [0.2, 0.25) is 5.96 Å². The van der Waals surface area contributed by atoms with Crippen molar-refractivity contribution in [1.29, 1.82) is 0 Å². The minimum absolute atomic E-state index is 0.0528. The van der Waals surface area contributed by atoms with Gasteiger partial charge in [-0.2, -0.15) is 26.7 Å². The van der Waals surface area contributed by atoms with Crippen molar-refractivity contribution in [3.05, 3.63) is 75.6 Å². The van der Waals surface area contributed by atoms with Gasteiger partial charge in [-0.05, 0) is 37.3 Å². The molecule has 3 rings (SSSR count). The van der Waals surface area contributed by atoms with Crippen LogP contribution in [0.5, 0.6) is 0 Å². The van der Waals surface area contributed by atoms with Crippen LogP contribution >= 0.6 is 0 Å². The van der Waals surface area contributed by atoms with Crippen molar-refractivity contribution in [1.82, 2.24) is 10.5 Å². The Hall–Kier alpha value is -3.75. The molecule has 0 radical (unpaired) electrons. The molecule has 3 aromatic rings. The van der Waals surface area contributed by atoms with Gasteiger partial charge in [-0.3, -0.25) is 14.6 Å². The molecule has 0 aliphatic carbocycles. The maximum Gasteiger partial charge on any atom is 0.416 e. The molecule has 0 aliphatic heterocycles. The molecule has 10 nitrogen and oxygen atoms in total. The third kappa shape index (κ3) is 7.13. The minimum atomic E-state index is -4.49. The number of hydrogen-bond donors (Lipinski definition) is 5. The number of nitrogens with zero attached hydrogens (tertiary/aromatic N) is 2. The molecule has 0 atom stereocenters. The van der Waals surface area contributed by atoms with Crippen LogP contribution in [0.2, 0.25) is 0 Å². The zero-order valence-corrected chi connectivity index (χ0v) is 17.6. The summed E-state index contributed by atoms with van der Waals surface area (Å²) in [5, 5.41) is 15.2. The number of aryl methyl sites for hydroxylation is 1. The van der Waals surface area contributed by atoms with Gasteiger partial charge in [0.25, 0.3) is 10.1 Å². The van der Waals surface area contributed by atoms with Crippen LogP contribution in [0.3, 0.4) is 0 Å². The molecule has 33 heavy (non-hydrogen) atoms. The van der Waals surface area contributed by atoms with Crippen molar-refractivity contribution in [2.75, 3.05) is 0 Å². The number of benzene rings is 2. The molecule has 1 aromatic heterocycles. The Bertz CT molecular complexity index is 1350. The van der Waals surface area contributed by atoms with Crippen LogP contribution in [0, 0.1) is 6.92 Å². The summed E-state index contributed by atoms with van der Waals surface area (Å²) in [7, 11) is -4.02. The highest BCUT2D eigenvalue weighted by Crippen LogP contribution is 2.30. The first kappa shape index (κ1) is 25.5. The van der Waals surface area contributed by atoms with Gasteiger partial charge in [-0.15, -0.1) is 5.10 Å². The highest BCUT2D eigenvalue weighted by Gasteiger charge is 2.30. The Labute approximate surface area is 185 Å². The van der Waals surface area contributed by atoms with Crippen LogP contribution in [0.25, 0.3) is 10.9 Å². The van der Waals surface area contributed by atoms with E-state index in [0.717, 1.165) is 30.0 Å². The standard InChI is InChI=1S/C12H10F3N5O2.C7H8O3S/c13-12(14,15)7-1-2-8-9(3-7)17-4-6(10(8)21)5-18-19-11(16)20-22;1-6-2-4-7(5-3-6)11(8,9)10/h1-5,22H,(H,17,21)(H3,16,19,20);2-5H,1H3,(H,8,9,10). The maximum atomic E-state index is 12.6. The molecule has 14 heteroatoms. The molecule has 0 fully saturated rings. The lowest BCUT2D eigenvalue weighted by molar-refractivity contribution is -0.137. The number of nitrogens with one attached hydrogen (secondary N) is 2. The number of guanidine groups is 1. The molecule has 0 aliphatic rings. The zero-order valence-electron chi connectivity index (χ0n) is 16.8. The van der Waals surface area contributed by atoms with Crippen molar-refractivity contribution < 1.29 is 31.3 Å². The van der Waals surface area contributed by atoms with E-state index in [9.17, 15) is 26.4 Å². The SMILES string of the molecule is Cc1ccc(S(=O)(=O)O)cc1.N/C(=N\N=Cc1c[nH]c2cc(C(F)(F)F)ccc2c1=O)NO. The molecule has 0 spiro atoms. The number of halogens is 3. The summed E-state index contributed by atoms with van der Waals surface area (Å²) < 4.78 is 67.4. The van der Waals surface area contributed by atoms with Gasteiger partial charge in [0.05, 0.1) is 22.2 Å². The van der Waals surface area contributed by atoms with E-state index in [-0.39, 0.29) is 27.3 Å². The van der Waals surface area contributed by atoms with E-state index in [1.165, 1.54) is 23.8 Å². The number of hydroxylamine groups is 1. The molecular formula is C19H18F3N5O5S. The molecule has 2 aromatic carbocycles. The van der Waals surface area contributed by atoms with Gasteiger partial charge in [0.1, 0.15) is 0 Å². The van der Waals surface area contributed by atoms with E-state index in [1.54, 1.807) is 12.1 Å². The average molecular weight is 485 g/mol. The van der Waals surface area contributed by atoms with E-state index in [1.807, 2.05) is 6.92 Å². The normalized spacial score (nSPS) is 12.5. The Morgan fingerprint density at radius 3 is 2.36 bits per heavy atom. The summed E-state index contributed by atoms with van der Waals surface area (Å²) in [6.45, 7) is 1.84. The largest absolute Gasteiger partial charge is 0.416 e. The molecule has 176 valence electrons. The number of aromatic nitrogens is 1. The first-order valence-corrected chi connectivity index (χ1v) is 10.3. The molecule has 0 saturated carbocycles. The highest BCUT2D eigenvalue weighted by molar-refractivity contribution is 7.85. The van der Waals surface area contributed by atoms with Gasteiger partial charge in [-0.25, -0.2) is 5.48 Å². The highest BCUT2D eigenvalue weighted by atomic mass is 32.2. The molecule has 0 amide bonds. The predicted octanol–water partition coefficient (Wildman–Crippen LogP) is 2.42. The van der Waals surface area contributed by atoms with Gasteiger partial charge < -0.3 is 10.7 Å². The smallest absolute Gasteiger partial charge is 0.367 e. The maximum absolute atomic E-state index is 12.6. The molecule has 0 saturated heterocycles. The summed E-state index contributed by atoms with van der Waals surface area (Å²) in [6, 6.07) is 8.75. The number of nitrogens with two attached hydrogens (primary N) is 1. The Morgan fingerprint density at radius 2 is 1.82 bits per heavy atom. The van der Waals surface area contributed by atoms with E-state index in [4.69, 9.17) is 15.5 Å². The lowest BCUT2D eigenvalue weighted by atomic mass is 10.1. The van der Waals surface area contributed by atoms with E-state index < -0.39 is 27.3 Å². The van der Waals surface area contributed by atoms with Crippen molar-refractivity contribution in [3.8, 4) is 0 Å². The number of hydrogen-bond acceptors (Lipinski definition) is 6. The monoisotopic (exact) mass is 485 g/mol. The van der Waals surface area contributed by atoms with Crippen LogP contribution in [0.4, 0.5) is 13.2 Å². The zero-order chi connectivity index (χ0) is 24.8. The predicted molar refractivity (Wildman–Crippen MR) is 115 cm³/mol. The summed E-state index contributed by atoms with van der Waals surface area (Å²) in [5.74, 6) is -0.386. The second kappa shape index (κ2) is 10.2. The second-order valence-corrected chi connectivity index (χ2v) is 7.88. The fourth-order valence-corrected chi connectivity index (χ4v) is 2.88. The summed E-state index contributed by atoms with van der Waals surface area (Å²) >= 11 is 0. The van der Waals surface area contributed by atoms with Crippen LogP contribution in [0.15, 0.2) is 68.6 Å². The van der Waals surface area contributed by atoms with Crippen LogP contribution in [0.1, 0.15) is 16.7 Å². The van der Waals surface area contributed by atoms with Crippen LogP contribution in [-0.2, 0) is 16.3 Å². The number of alkyl halides is 3. The fourth-order valence-electron chi connectivity index (χ4n) is 2.40. The Balaban J connectivity index is 0.000000294. The first-order valence-electron chi connectivity index (χ1n) is 8.86. The van der Waals surface area contributed by atoms with Gasteiger partial charge in [0.15, 0.2) is 5.43 Å². The minimum Gasteiger partial charge on any atom is -0.367 e. The van der Waals surface area contributed by atoms with Crippen LogP contribution < -0.4 is 16.6 Å². The lowest BCUT2D eigenvalue weighted by Crippen LogP contribution is -2.27. The Kier molecular flexibility index (Phi) is 7.92. The summed E-state index contributed by atoms with van der Waals surface area (Å²) in [6.07, 6.45) is -2.23. The van der Waals surface area contributed by atoms with Crippen molar-refractivity contribution in [3.63, 3.8) is 0 Å². The van der Waals surface area contributed by atoms with Crippen molar-refractivity contribution in [2.24, 2.45) is 15.9 Å². The molecular weight excluding hydrogens is 467 g/mol. The number of rotatable bonds is 3. The van der Waals surface area contributed by atoms with Crippen LogP contribution in [-0.4, -0.2) is 35.3 Å². The van der Waals surface area contributed by atoms with Crippen molar-refractivity contribution in [2.45, 2.75) is 18.0 Å². The molecule has 0 unspecified atom stereocenters. The quantitative estimate of drug-likeness (QED) is 0.164. The van der Waals surface area contributed by atoms with Gasteiger partial charge in [-0.1, -0.05) is 17.7 Å². The van der Waals surface area contributed by atoms with E-state index in [2.05, 4.69) is 15.2 Å². The Morgan fingerprint density at radius 1 is 1.18 bits per heavy atom. The van der Waals surface area contributed by atoms with E-state index >= 15 is 0 Å². The summed E-state index contributed by atoms with van der Waals surface area (Å²) in [4.78, 5) is 14.6. The molecule has 0 bridgehead atoms. The molecule has 1 heterocycles. The van der Waals surface area contributed by atoms with Crippen molar-refractivity contribution >= 4 is 33.2 Å². The third-order valence-electron chi connectivity index (χ3n) is 4.03. The second-order valence-electron chi connectivity index (χ2n) is 6.46. The van der Waals surface area contributed by atoms with E-state index in [0.29, 0.717) is 0 Å². The number of pyridine rings is 1. The number of aromatic amines is 1. The topological polar surface area (TPSA) is 170 Å². The van der Waals surface area contributed by atoms with Gasteiger partial charge >= 0.3 is 6.18 Å². The first-order chi connectivity index (χ1) is 15.3. The number of H-pyrrole nitrogens is 1. The van der Waals surface area contributed by atoms with Gasteiger partial charge in [0, 0.05) is 17.1 Å². The summed E-state index contributed by atoms with van der Waals surface area (Å²) in [5.41, 5.74) is 6.35. The lowest BCUT2D eigenvalue weighted by Gasteiger charge is -2.07.